The summed E-state index contributed by atoms with van der Waals surface area (Å²) in [6.45, 7) is 9.37. The van der Waals surface area contributed by atoms with E-state index in [1.807, 2.05) is 37.9 Å². The van der Waals surface area contributed by atoms with Gasteiger partial charge in [-0.25, -0.2) is 0 Å². The Morgan fingerprint density at radius 2 is 1.87 bits per heavy atom. The lowest BCUT2D eigenvalue weighted by atomic mass is 10.00. The molecule has 1 N–H and O–H groups in total. The number of rotatable bonds is 4. The van der Waals surface area contributed by atoms with Gasteiger partial charge in [0.05, 0.1) is 5.71 Å². The van der Waals surface area contributed by atoms with E-state index < -0.39 is 0 Å². The second-order valence-electron chi connectivity index (χ2n) is 5.19. The van der Waals surface area contributed by atoms with Crippen LogP contribution in [0.4, 0.5) is 5.00 Å². The van der Waals surface area contributed by atoms with Crippen LogP contribution in [0.1, 0.15) is 28.5 Å². The number of benzene rings is 1. The molecule has 0 aliphatic rings. The molecule has 0 unspecified atom stereocenters. The number of hydrogen-bond acceptors (Lipinski definition) is 4. The van der Waals surface area contributed by atoms with Crippen LogP contribution in [0.25, 0.3) is 0 Å². The predicted molar refractivity (Wildman–Crippen MR) is 102 cm³/mol. The Bertz CT molecular complexity index is 775. The lowest BCUT2D eigenvalue weighted by Gasteiger charge is -2.19. The van der Waals surface area contributed by atoms with E-state index in [2.05, 4.69) is 23.8 Å². The van der Waals surface area contributed by atoms with E-state index in [4.69, 9.17) is 17.0 Å². The third-order valence-electron chi connectivity index (χ3n) is 3.76. The summed E-state index contributed by atoms with van der Waals surface area (Å²) in [6.07, 6.45) is 0. The maximum Gasteiger partial charge on any atom is 0.129 e. The highest BCUT2D eigenvalue weighted by atomic mass is 35.5. The minimum Gasteiger partial charge on any atom is -0.323 e. The first-order valence-electron chi connectivity index (χ1n) is 7.05. The van der Waals surface area contributed by atoms with Gasteiger partial charge in [-0.3, -0.25) is 5.41 Å². The van der Waals surface area contributed by atoms with E-state index in [0.29, 0.717) is 10.7 Å². The molecule has 0 fully saturated rings. The topological polar surface area (TPSA) is 51.8 Å². The largest absolute Gasteiger partial charge is 0.323 e. The zero-order valence-corrected chi connectivity index (χ0v) is 15.2. The van der Waals surface area contributed by atoms with Crippen molar-refractivity contribution in [3.8, 4) is 0 Å². The molecular weight excluding hydrogens is 328 g/mol. The second-order valence-corrected chi connectivity index (χ2v) is 6.83. The van der Waals surface area contributed by atoms with Gasteiger partial charge < -0.3 is 4.90 Å². The number of nitrogens with one attached hydrogen (secondary N) is 1. The molecule has 1 aromatic carbocycles. The summed E-state index contributed by atoms with van der Waals surface area (Å²) in [5.74, 6) is 0.728. The average Bonchev–Trinajstić information content (AvgIpc) is 2.82. The summed E-state index contributed by atoms with van der Waals surface area (Å²) < 4.78 is 0. The van der Waals surface area contributed by atoms with Crippen LogP contribution in [0.2, 0.25) is 5.02 Å². The normalized spacial score (nSPS) is 11.4. The molecule has 0 saturated heterocycles. The minimum atomic E-state index is 0.477. The highest BCUT2D eigenvalue weighted by Gasteiger charge is 2.21. The highest BCUT2D eigenvalue weighted by Crippen LogP contribution is 2.36. The van der Waals surface area contributed by atoms with E-state index >= 15 is 0 Å². The standard InChI is InChI=1S/C17H19ClN4S/c1-10-11(2)23-17(22(5)12(3)21-20-4)15(10)16(19)13-6-8-14(18)9-7-13/h6-9,19H,4H2,1-3,5H3/b19-16?,21-12-. The summed E-state index contributed by atoms with van der Waals surface area (Å²) in [5.41, 5.74) is 3.33. The first kappa shape index (κ1) is 17.4. The van der Waals surface area contributed by atoms with Crippen molar-refractivity contribution in [2.24, 2.45) is 10.2 Å². The van der Waals surface area contributed by atoms with Crippen molar-refractivity contribution in [3.63, 3.8) is 0 Å². The van der Waals surface area contributed by atoms with Gasteiger partial charge in [-0.2, -0.15) is 5.10 Å². The molecule has 0 aliphatic heterocycles. The van der Waals surface area contributed by atoms with Gasteiger partial charge in [-0.1, -0.05) is 23.7 Å². The molecule has 0 aliphatic carbocycles. The van der Waals surface area contributed by atoms with Crippen molar-refractivity contribution in [1.82, 2.24) is 0 Å². The fourth-order valence-corrected chi connectivity index (χ4v) is 3.51. The Morgan fingerprint density at radius 3 is 2.43 bits per heavy atom. The van der Waals surface area contributed by atoms with Crippen molar-refractivity contribution in [2.75, 3.05) is 11.9 Å². The van der Waals surface area contributed by atoms with Crippen molar-refractivity contribution in [3.05, 3.63) is 50.9 Å². The molecule has 1 heterocycles. The Hall–Kier alpha value is -1.98. The van der Waals surface area contributed by atoms with E-state index in [0.717, 1.165) is 27.5 Å². The molecule has 0 spiro atoms. The average molecular weight is 347 g/mol. The maximum atomic E-state index is 8.63. The van der Waals surface area contributed by atoms with Gasteiger partial charge in [0.1, 0.15) is 10.8 Å². The number of thiophene rings is 1. The third-order valence-corrected chi connectivity index (χ3v) is 5.29. The van der Waals surface area contributed by atoms with Gasteiger partial charge >= 0.3 is 0 Å². The van der Waals surface area contributed by atoms with Gasteiger partial charge in [0.15, 0.2) is 0 Å². The molecule has 23 heavy (non-hydrogen) atoms. The zero-order valence-electron chi connectivity index (χ0n) is 13.6. The van der Waals surface area contributed by atoms with E-state index in [1.165, 1.54) is 4.88 Å². The van der Waals surface area contributed by atoms with Gasteiger partial charge in [0.2, 0.25) is 0 Å². The number of aryl methyl sites for hydroxylation is 1. The van der Waals surface area contributed by atoms with Crippen molar-refractivity contribution < 1.29 is 0 Å². The quantitative estimate of drug-likeness (QED) is 0.477. The number of halogens is 1. The Balaban J connectivity index is 2.53. The van der Waals surface area contributed by atoms with Crippen LogP contribution in [0, 0.1) is 19.3 Å². The number of nitrogens with zero attached hydrogens (tertiary/aromatic N) is 3. The third kappa shape index (κ3) is 3.51. The van der Waals surface area contributed by atoms with E-state index in [9.17, 15) is 0 Å². The Morgan fingerprint density at radius 1 is 1.26 bits per heavy atom. The van der Waals surface area contributed by atoms with Crippen molar-refractivity contribution >= 4 is 46.2 Å². The van der Waals surface area contributed by atoms with Crippen LogP contribution in [0.15, 0.2) is 34.5 Å². The fourth-order valence-electron chi connectivity index (χ4n) is 2.22. The first-order chi connectivity index (χ1) is 10.9. The summed E-state index contributed by atoms with van der Waals surface area (Å²) in [7, 11) is 1.92. The Labute approximate surface area is 145 Å². The molecular formula is C17H19ClN4S. The van der Waals surface area contributed by atoms with Crippen LogP contribution in [-0.2, 0) is 0 Å². The van der Waals surface area contributed by atoms with Crippen molar-refractivity contribution in [1.29, 1.82) is 5.41 Å². The van der Waals surface area contributed by atoms with Crippen LogP contribution >= 0.6 is 22.9 Å². The predicted octanol–water partition coefficient (Wildman–Crippen LogP) is 4.90. The molecule has 0 radical (unpaired) electrons. The van der Waals surface area contributed by atoms with Crippen LogP contribution in [-0.4, -0.2) is 25.3 Å². The monoisotopic (exact) mass is 346 g/mol. The summed E-state index contributed by atoms with van der Waals surface area (Å²) >= 11 is 7.59. The zero-order chi connectivity index (χ0) is 17.1. The molecule has 2 rings (SSSR count). The Kier molecular flexibility index (Phi) is 5.34. The molecule has 4 nitrogen and oxygen atoms in total. The first-order valence-corrected chi connectivity index (χ1v) is 8.25. The lowest BCUT2D eigenvalue weighted by molar-refractivity contribution is 1.17. The second kappa shape index (κ2) is 7.06. The van der Waals surface area contributed by atoms with Crippen LogP contribution < -0.4 is 4.90 Å². The van der Waals surface area contributed by atoms with Crippen LogP contribution in [0.3, 0.4) is 0 Å². The summed E-state index contributed by atoms with van der Waals surface area (Å²) in [4.78, 5) is 3.12. The van der Waals surface area contributed by atoms with Gasteiger partial charge in [0, 0.05) is 34.8 Å². The molecule has 0 saturated carbocycles. The van der Waals surface area contributed by atoms with E-state index in [-0.39, 0.29) is 0 Å². The number of hydrogen-bond donors (Lipinski definition) is 1. The van der Waals surface area contributed by atoms with Gasteiger partial charge in [-0.05, 0) is 38.5 Å². The lowest BCUT2D eigenvalue weighted by Crippen LogP contribution is -2.24. The summed E-state index contributed by atoms with van der Waals surface area (Å²) in [6, 6.07) is 7.34. The SMILES string of the molecule is C=N/N=C(/C)N(C)c1sc(C)c(C)c1C(=N)c1ccc(Cl)cc1. The molecule has 2 aromatic rings. The van der Waals surface area contributed by atoms with E-state index in [1.54, 1.807) is 23.5 Å². The number of anilines is 1. The molecule has 0 bridgehead atoms. The van der Waals surface area contributed by atoms with Gasteiger partial charge in [0.25, 0.3) is 0 Å². The minimum absolute atomic E-state index is 0.477. The van der Waals surface area contributed by atoms with Gasteiger partial charge in [-0.15, -0.1) is 16.4 Å². The molecule has 0 atom stereocenters. The molecule has 0 amide bonds. The maximum absolute atomic E-state index is 8.63. The number of amidine groups is 1. The van der Waals surface area contributed by atoms with Crippen LogP contribution in [0.5, 0.6) is 0 Å². The molecule has 6 heteroatoms. The molecule has 120 valence electrons. The highest BCUT2D eigenvalue weighted by molar-refractivity contribution is 7.17. The van der Waals surface area contributed by atoms with Crippen molar-refractivity contribution in [2.45, 2.75) is 20.8 Å². The summed E-state index contributed by atoms with van der Waals surface area (Å²) in [5, 5.41) is 17.9. The molecule has 1 aromatic heterocycles. The smallest absolute Gasteiger partial charge is 0.129 e. The fraction of sp³-hybridized carbons (Fsp3) is 0.235.